The van der Waals surface area contributed by atoms with Gasteiger partial charge in [0, 0.05) is 44.3 Å². The Balaban J connectivity index is 0.000000167. The van der Waals surface area contributed by atoms with Crippen LogP contribution in [0, 0.1) is 0 Å². The number of fused-ring (bicyclic) bond motifs is 3. The number of likely N-dealkylation sites (tertiary alicyclic amines) is 3. The summed E-state index contributed by atoms with van der Waals surface area (Å²) < 4.78 is 22.5. The standard InChI is InChI=1S/C26H34N4O4.C16H24N4.C9H8N2O.C7H16N2/c1-28-13-8-9-19(28)12-14-30(17-24-27-20-10-6-7-11-21(20)29(24)2)26(31)18-15-22(32-3)25(34-5)23(16-18)33-4;1-19-11-5-6-13(19)9-10-17-12-16-18-14-7-3-4-8-15(14)20(16)2;1-11-8-5-3-2-4-7(8)10-9(11)6-12;1-9-6-2-3-7(9)4-5-8/h6-7,10-11,15-16,19H,8-9,12-14,17H2,1-5H3;3-4,7-8,13,17H,5-6,9-12H2,1-2H3;2-6H,1H3;7H,2-6,8H2,1H3/p+1. The van der Waals surface area contributed by atoms with Gasteiger partial charge in [0.2, 0.25) is 5.75 Å². The molecule has 17 nitrogen and oxygen atoms in total. The van der Waals surface area contributed by atoms with E-state index in [1.165, 1.54) is 74.9 Å². The lowest BCUT2D eigenvalue weighted by atomic mass is 10.1. The number of hydrogen-bond donors (Lipinski definition) is 3. The molecule has 0 saturated carbocycles. The van der Waals surface area contributed by atoms with Crippen molar-refractivity contribution >= 4 is 45.3 Å². The smallest absolute Gasteiger partial charge is 0.269 e. The summed E-state index contributed by atoms with van der Waals surface area (Å²) in [6.45, 7) is 7.52. The van der Waals surface area contributed by atoms with Gasteiger partial charge in [-0.3, -0.25) is 9.59 Å². The zero-order valence-corrected chi connectivity index (χ0v) is 46.1. The predicted octanol–water partition coefficient (Wildman–Crippen LogP) is 7.11. The number of aryl methyl sites for hydroxylation is 3. The molecule has 3 atom stereocenters. The number of H-pyrrole nitrogens is 1. The number of aromatic amines is 1. The first-order valence-electron chi connectivity index (χ1n) is 26.7. The summed E-state index contributed by atoms with van der Waals surface area (Å²) in [7, 11) is 17.2. The topological polar surface area (TPSA) is 168 Å². The van der Waals surface area contributed by atoms with Crippen LogP contribution < -0.4 is 29.8 Å². The Morgan fingerprint density at radius 1 is 0.747 bits per heavy atom. The quantitative estimate of drug-likeness (QED) is 0.0482. The molecule has 404 valence electrons. The van der Waals surface area contributed by atoms with Gasteiger partial charge in [-0.2, -0.15) is 0 Å². The SMILES string of the molecule is CN1CCCC1CCN.CN1CCCC1CCNCc1[nH]c2ccccc2[n+]1C.COc1cc(C(=O)N(CCC2CCCN2C)Cc2nc3ccccc3n2C)cc(OC)c1OC.Cn1c(C=O)nc2ccccc21. The maximum absolute atomic E-state index is 13.8. The van der Waals surface area contributed by atoms with Gasteiger partial charge < -0.3 is 54.0 Å². The molecule has 0 spiro atoms. The Morgan fingerprint density at radius 3 is 1.81 bits per heavy atom. The van der Waals surface area contributed by atoms with Crippen molar-refractivity contribution in [3.8, 4) is 17.2 Å². The van der Waals surface area contributed by atoms with Crippen molar-refractivity contribution < 1.29 is 28.4 Å². The first-order valence-corrected chi connectivity index (χ1v) is 26.7. The van der Waals surface area contributed by atoms with Crippen molar-refractivity contribution in [1.29, 1.82) is 0 Å². The zero-order chi connectivity index (χ0) is 53.4. The van der Waals surface area contributed by atoms with Crippen LogP contribution >= 0.6 is 0 Å². The van der Waals surface area contributed by atoms with E-state index >= 15 is 0 Å². The second kappa shape index (κ2) is 27.4. The molecule has 3 aromatic heterocycles. The number of aromatic nitrogens is 6. The predicted molar refractivity (Wildman–Crippen MR) is 299 cm³/mol. The van der Waals surface area contributed by atoms with Gasteiger partial charge in [-0.05, 0) is 160 Å². The average Bonchev–Trinajstić information content (AvgIpc) is 4.32. The van der Waals surface area contributed by atoms with Crippen LogP contribution in [0.5, 0.6) is 17.2 Å². The van der Waals surface area contributed by atoms with Crippen LogP contribution in [0.1, 0.15) is 90.4 Å². The van der Waals surface area contributed by atoms with Gasteiger partial charge in [-0.1, -0.05) is 36.4 Å². The molecule has 3 fully saturated rings. The van der Waals surface area contributed by atoms with E-state index in [0.29, 0.717) is 47.8 Å². The maximum atomic E-state index is 13.8. The summed E-state index contributed by atoms with van der Waals surface area (Å²) in [5, 5.41) is 3.57. The minimum absolute atomic E-state index is 0.0908. The monoisotopic (exact) mass is 1030 g/mol. The summed E-state index contributed by atoms with van der Waals surface area (Å²) >= 11 is 0. The van der Waals surface area contributed by atoms with E-state index in [1.54, 1.807) is 38.0 Å². The van der Waals surface area contributed by atoms with Gasteiger partial charge in [0.05, 0.1) is 63.5 Å². The highest BCUT2D eigenvalue weighted by molar-refractivity contribution is 5.95. The molecule has 4 N–H and O–H groups in total. The molecule has 10 rings (SSSR count). The zero-order valence-electron chi connectivity index (χ0n) is 46.1. The lowest BCUT2D eigenvalue weighted by molar-refractivity contribution is -0.653. The summed E-state index contributed by atoms with van der Waals surface area (Å²) in [6.07, 6.45) is 11.9. The van der Waals surface area contributed by atoms with Gasteiger partial charge in [-0.25, -0.2) is 19.5 Å². The van der Waals surface area contributed by atoms with Crippen molar-refractivity contribution in [2.45, 2.75) is 89.0 Å². The summed E-state index contributed by atoms with van der Waals surface area (Å²) in [5.41, 5.74) is 12.2. The van der Waals surface area contributed by atoms with E-state index in [9.17, 15) is 9.59 Å². The second-order valence-electron chi connectivity index (χ2n) is 20.2. The molecule has 7 aromatic rings. The lowest BCUT2D eigenvalue weighted by Gasteiger charge is -2.27. The third kappa shape index (κ3) is 14.1. The maximum Gasteiger partial charge on any atom is 0.269 e. The second-order valence-corrected chi connectivity index (χ2v) is 20.2. The molecule has 3 aliphatic heterocycles. The fourth-order valence-electron chi connectivity index (χ4n) is 10.8. The number of amides is 1. The number of nitrogens with zero attached hydrogens (tertiary/aromatic N) is 9. The van der Waals surface area contributed by atoms with Gasteiger partial charge in [0.15, 0.2) is 34.6 Å². The fraction of sp³-hybridized carbons (Fsp3) is 0.500. The number of rotatable bonds is 17. The van der Waals surface area contributed by atoms with Gasteiger partial charge in [0.1, 0.15) is 5.82 Å². The fourth-order valence-corrected chi connectivity index (χ4v) is 10.8. The molecule has 0 bridgehead atoms. The minimum atomic E-state index is -0.0908. The summed E-state index contributed by atoms with van der Waals surface area (Å²) in [6, 6.07) is 29.6. The molecule has 3 aliphatic rings. The summed E-state index contributed by atoms with van der Waals surface area (Å²) in [5.74, 6) is 3.86. The van der Waals surface area contributed by atoms with E-state index in [4.69, 9.17) is 24.9 Å². The number of nitrogens with one attached hydrogen (secondary N) is 2. The lowest BCUT2D eigenvalue weighted by Crippen LogP contribution is -2.36. The molecule has 3 unspecified atom stereocenters. The van der Waals surface area contributed by atoms with Crippen LogP contribution in [-0.4, -0.2) is 156 Å². The van der Waals surface area contributed by atoms with Gasteiger partial charge in [0.25, 0.3) is 11.7 Å². The van der Waals surface area contributed by atoms with Crippen molar-refractivity contribution in [2.75, 3.05) is 81.7 Å². The number of benzene rings is 4. The number of aldehydes is 1. The van der Waals surface area contributed by atoms with Crippen LogP contribution in [0.2, 0.25) is 0 Å². The molecular formula is C58H83N12O5+. The minimum Gasteiger partial charge on any atom is -0.493 e. The number of ether oxygens (including phenoxy) is 3. The number of nitrogens with two attached hydrogens (primary N) is 1. The third-order valence-electron chi connectivity index (χ3n) is 15.5. The molecule has 75 heavy (non-hydrogen) atoms. The van der Waals surface area contributed by atoms with Crippen molar-refractivity contribution in [2.24, 2.45) is 26.9 Å². The van der Waals surface area contributed by atoms with Crippen LogP contribution in [0.25, 0.3) is 33.1 Å². The molecular weight excluding hydrogens is 945 g/mol. The van der Waals surface area contributed by atoms with Crippen molar-refractivity contribution in [1.82, 2.24) is 49.0 Å². The number of carbonyl (C=O) groups is 2. The molecule has 3 saturated heterocycles. The largest absolute Gasteiger partial charge is 0.493 e. The number of methoxy groups -OCH3 is 3. The number of hydrogen-bond acceptors (Lipinski definition) is 12. The Labute approximate surface area is 443 Å². The van der Waals surface area contributed by atoms with Gasteiger partial charge >= 0.3 is 0 Å². The van der Waals surface area contributed by atoms with Crippen LogP contribution in [0.3, 0.4) is 0 Å². The van der Waals surface area contributed by atoms with E-state index in [1.807, 2.05) is 67.5 Å². The Kier molecular flexibility index (Phi) is 20.6. The molecule has 0 radical (unpaired) electrons. The Morgan fingerprint density at radius 2 is 1.29 bits per heavy atom. The van der Waals surface area contributed by atoms with Crippen LogP contribution in [0.4, 0.5) is 0 Å². The number of imidazole rings is 3. The van der Waals surface area contributed by atoms with Gasteiger partial charge in [-0.15, -0.1) is 0 Å². The molecule has 1 amide bonds. The molecule has 17 heteroatoms. The third-order valence-corrected chi connectivity index (χ3v) is 15.5. The van der Waals surface area contributed by atoms with Crippen LogP contribution in [-0.2, 0) is 34.2 Å². The number of carbonyl (C=O) groups excluding carboxylic acids is 2. The van der Waals surface area contributed by atoms with E-state index in [0.717, 1.165) is 85.3 Å². The van der Waals surface area contributed by atoms with E-state index < -0.39 is 0 Å². The highest BCUT2D eigenvalue weighted by atomic mass is 16.5. The molecule has 6 heterocycles. The van der Waals surface area contributed by atoms with Crippen LogP contribution in [0.15, 0.2) is 84.9 Å². The summed E-state index contributed by atoms with van der Waals surface area (Å²) in [4.78, 5) is 45.9. The van der Waals surface area contributed by atoms with Crippen molar-refractivity contribution in [3.63, 3.8) is 0 Å². The normalized spacial score (nSPS) is 17.8. The highest BCUT2D eigenvalue weighted by Crippen LogP contribution is 2.39. The molecule has 4 aromatic carbocycles. The van der Waals surface area contributed by atoms with Crippen molar-refractivity contribution in [3.05, 3.63) is 108 Å². The first kappa shape index (κ1) is 56.4. The number of para-hydroxylation sites is 6. The van der Waals surface area contributed by atoms with E-state index in [2.05, 4.69) is 91.6 Å². The first-order chi connectivity index (χ1) is 36.4. The Bertz CT molecular complexity index is 2910. The average molecular weight is 1030 g/mol. The molecule has 0 aliphatic carbocycles. The highest BCUT2D eigenvalue weighted by Gasteiger charge is 2.27. The Hall–Kier alpha value is -6.37. The van der Waals surface area contributed by atoms with E-state index in [-0.39, 0.29) is 5.91 Å².